The van der Waals surface area contributed by atoms with E-state index in [1.54, 1.807) is 18.2 Å². The first-order chi connectivity index (χ1) is 17.4. The Morgan fingerprint density at radius 3 is 2.03 bits per heavy atom. The van der Waals surface area contributed by atoms with Crippen LogP contribution in [0.5, 0.6) is 5.75 Å². The van der Waals surface area contributed by atoms with Crippen molar-refractivity contribution in [3.8, 4) is 5.75 Å². The van der Waals surface area contributed by atoms with Crippen molar-refractivity contribution < 1.29 is 17.9 Å². The number of nitrogens with one attached hydrogen (secondary N) is 1. The van der Waals surface area contributed by atoms with Gasteiger partial charge in [-0.1, -0.05) is 79.7 Å². The summed E-state index contributed by atoms with van der Waals surface area (Å²) in [7, 11) is -3.36. The van der Waals surface area contributed by atoms with Gasteiger partial charge < -0.3 is 14.4 Å². The van der Waals surface area contributed by atoms with Crippen LogP contribution in [0, 0.1) is 5.92 Å². The standard InChI is InChI=1S/C29H36N2O4S/c1-23(22-34-28-16-10-9-15-27(28)30-36(2,32)33)21-31-19-17-26(18-20-31)35-29(24-11-5-3-6-12-24)25-13-7-4-8-14-25/h3-16,23,26,29-30H,17-22H2,1-2H3. The summed E-state index contributed by atoms with van der Waals surface area (Å²) in [6.07, 6.45) is 3.28. The van der Waals surface area contributed by atoms with Gasteiger partial charge in [-0.2, -0.15) is 0 Å². The molecule has 0 radical (unpaired) electrons. The molecule has 1 saturated heterocycles. The Labute approximate surface area is 215 Å². The number of para-hydroxylation sites is 2. The average Bonchev–Trinajstić information content (AvgIpc) is 2.88. The van der Waals surface area contributed by atoms with E-state index in [0.29, 0.717) is 24.0 Å². The van der Waals surface area contributed by atoms with E-state index in [1.807, 2.05) is 18.2 Å². The summed E-state index contributed by atoms with van der Waals surface area (Å²) in [5.74, 6) is 0.852. The maximum Gasteiger partial charge on any atom is 0.229 e. The Kier molecular flexibility index (Phi) is 9.02. The predicted molar refractivity (Wildman–Crippen MR) is 145 cm³/mol. The Morgan fingerprint density at radius 2 is 1.44 bits per heavy atom. The molecular weight excluding hydrogens is 472 g/mol. The van der Waals surface area contributed by atoms with Crippen molar-refractivity contribution in [2.24, 2.45) is 5.92 Å². The number of piperidine rings is 1. The molecule has 36 heavy (non-hydrogen) atoms. The largest absolute Gasteiger partial charge is 0.491 e. The van der Waals surface area contributed by atoms with Crippen LogP contribution in [0.4, 0.5) is 5.69 Å². The molecule has 0 aromatic heterocycles. The smallest absolute Gasteiger partial charge is 0.229 e. The quantitative estimate of drug-likeness (QED) is 0.379. The predicted octanol–water partition coefficient (Wildman–Crippen LogP) is 5.34. The number of sulfonamides is 1. The molecule has 1 fully saturated rings. The highest BCUT2D eigenvalue weighted by atomic mass is 32.2. The van der Waals surface area contributed by atoms with Crippen LogP contribution in [-0.4, -0.2) is 51.9 Å². The molecule has 0 bridgehead atoms. The van der Waals surface area contributed by atoms with E-state index in [2.05, 4.69) is 65.1 Å². The zero-order valence-corrected chi connectivity index (χ0v) is 21.9. The first-order valence-electron chi connectivity index (χ1n) is 12.5. The second-order valence-electron chi connectivity index (χ2n) is 9.62. The lowest BCUT2D eigenvalue weighted by Crippen LogP contribution is -2.40. The second kappa shape index (κ2) is 12.4. The minimum absolute atomic E-state index is 0.0584. The molecular formula is C29H36N2O4S. The third kappa shape index (κ3) is 7.82. The molecule has 0 saturated carbocycles. The minimum Gasteiger partial charge on any atom is -0.491 e. The van der Waals surface area contributed by atoms with Gasteiger partial charge in [0.25, 0.3) is 0 Å². The number of benzene rings is 3. The number of rotatable bonds is 11. The van der Waals surface area contributed by atoms with Gasteiger partial charge in [-0.25, -0.2) is 8.42 Å². The van der Waals surface area contributed by atoms with Crippen LogP contribution in [0.1, 0.15) is 37.0 Å². The molecule has 0 aliphatic carbocycles. The summed E-state index contributed by atoms with van der Waals surface area (Å²) in [5, 5.41) is 0. The summed E-state index contributed by atoms with van der Waals surface area (Å²) in [4.78, 5) is 2.47. The topological polar surface area (TPSA) is 67.9 Å². The van der Waals surface area contributed by atoms with Gasteiger partial charge in [0.2, 0.25) is 10.0 Å². The van der Waals surface area contributed by atoms with E-state index in [9.17, 15) is 8.42 Å². The van der Waals surface area contributed by atoms with E-state index >= 15 is 0 Å². The fraction of sp³-hybridized carbons (Fsp3) is 0.379. The molecule has 1 heterocycles. The lowest BCUT2D eigenvalue weighted by molar-refractivity contribution is -0.0292. The number of hydrogen-bond donors (Lipinski definition) is 1. The fourth-order valence-electron chi connectivity index (χ4n) is 4.63. The third-order valence-corrected chi connectivity index (χ3v) is 6.93. The molecule has 4 rings (SSSR count). The van der Waals surface area contributed by atoms with Gasteiger partial charge in [0, 0.05) is 25.6 Å². The zero-order valence-electron chi connectivity index (χ0n) is 21.0. The van der Waals surface area contributed by atoms with Crippen LogP contribution >= 0.6 is 0 Å². The molecule has 3 aromatic carbocycles. The first kappa shape index (κ1) is 26.2. The lowest BCUT2D eigenvalue weighted by Gasteiger charge is -2.35. The number of likely N-dealkylation sites (tertiary alicyclic amines) is 1. The van der Waals surface area contributed by atoms with Gasteiger partial charge in [-0.3, -0.25) is 4.72 Å². The molecule has 6 nitrogen and oxygen atoms in total. The Balaban J connectivity index is 1.27. The number of hydrogen-bond acceptors (Lipinski definition) is 5. The monoisotopic (exact) mass is 508 g/mol. The molecule has 1 aliphatic heterocycles. The van der Waals surface area contributed by atoms with E-state index < -0.39 is 10.0 Å². The highest BCUT2D eigenvalue weighted by Gasteiger charge is 2.25. The van der Waals surface area contributed by atoms with E-state index in [0.717, 1.165) is 38.7 Å². The molecule has 1 N–H and O–H groups in total. The Hall–Kier alpha value is -2.87. The molecule has 1 unspecified atom stereocenters. The van der Waals surface area contributed by atoms with Crippen LogP contribution in [0.15, 0.2) is 84.9 Å². The van der Waals surface area contributed by atoms with Crippen molar-refractivity contribution in [2.45, 2.75) is 32.0 Å². The van der Waals surface area contributed by atoms with Gasteiger partial charge in [0.05, 0.1) is 24.7 Å². The zero-order chi connectivity index (χ0) is 25.4. The van der Waals surface area contributed by atoms with Crippen molar-refractivity contribution in [3.63, 3.8) is 0 Å². The molecule has 3 aromatic rings. The maximum absolute atomic E-state index is 11.6. The highest BCUT2D eigenvalue weighted by molar-refractivity contribution is 7.92. The number of ether oxygens (including phenoxy) is 2. The van der Waals surface area contributed by atoms with Gasteiger partial charge in [0.1, 0.15) is 11.9 Å². The average molecular weight is 509 g/mol. The number of anilines is 1. The first-order valence-corrected chi connectivity index (χ1v) is 14.4. The van der Waals surface area contributed by atoms with E-state index in [4.69, 9.17) is 9.47 Å². The van der Waals surface area contributed by atoms with Gasteiger partial charge in [-0.15, -0.1) is 0 Å². The Bertz CT molecular complexity index is 1140. The lowest BCUT2D eigenvalue weighted by atomic mass is 10.00. The van der Waals surface area contributed by atoms with Crippen LogP contribution in [0.2, 0.25) is 0 Å². The van der Waals surface area contributed by atoms with E-state index in [1.165, 1.54) is 11.1 Å². The van der Waals surface area contributed by atoms with Crippen molar-refractivity contribution in [1.29, 1.82) is 0 Å². The van der Waals surface area contributed by atoms with Gasteiger partial charge >= 0.3 is 0 Å². The van der Waals surface area contributed by atoms with Crippen LogP contribution in [0.25, 0.3) is 0 Å². The van der Waals surface area contributed by atoms with Crippen molar-refractivity contribution >= 4 is 15.7 Å². The summed E-state index contributed by atoms with van der Waals surface area (Å²) < 4.78 is 38.4. The number of nitrogens with zero attached hydrogens (tertiary/aromatic N) is 1. The maximum atomic E-state index is 11.6. The SMILES string of the molecule is CC(COc1ccccc1NS(C)(=O)=O)CN1CCC(OC(c2ccccc2)c2ccccc2)CC1. The Morgan fingerprint density at radius 1 is 0.889 bits per heavy atom. The van der Waals surface area contributed by atoms with Crippen molar-refractivity contribution in [1.82, 2.24) is 4.90 Å². The normalized spacial score (nSPS) is 16.1. The van der Waals surface area contributed by atoms with Crippen molar-refractivity contribution in [2.75, 3.05) is 37.2 Å². The van der Waals surface area contributed by atoms with Gasteiger partial charge in [-0.05, 0) is 36.1 Å². The summed E-state index contributed by atoms with van der Waals surface area (Å²) in [6, 6.07) is 28.0. The van der Waals surface area contributed by atoms with Crippen LogP contribution in [-0.2, 0) is 14.8 Å². The van der Waals surface area contributed by atoms with Crippen LogP contribution < -0.4 is 9.46 Å². The molecule has 0 spiro atoms. The molecule has 0 amide bonds. The summed E-state index contributed by atoms with van der Waals surface area (Å²) >= 11 is 0. The van der Waals surface area contributed by atoms with Crippen LogP contribution in [0.3, 0.4) is 0 Å². The minimum atomic E-state index is -3.36. The molecule has 7 heteroatoms. The highest BCUT2D eigenvalue weighted by Crippen LogP contribution is 2.30. The third-order valence-electron chi connectivity index (χ3n) is 6.34. The summed E-state index contributed by atoms with van der Waals surface area (Å²) in [6.45, 7) is 5.57. The van der Waals surface area contributed by atoms with Gasteiger partial charge in [0.15, 0.2) is 0 Å². The summed E-state index contributed by atoms with van der Waals surface area (Å²) in [5.41, 5.74) is 2.83. The molecule has 192 valence electrons. The van der Waals surface area contributed by atoms with E-state index in [-0.39, 0.29) is 12.2 Å². The van der Waals surface area contributed by atoms with Crippen molar-refractivity contribution in [3.05, 3.63) is 96.1 Å². The molecule has 1 aliphatic rings. The second-order valence-corrected chi connectivity index (χ2v) is 11.4. The molecule has 1 atom stereocenters. The fourth-order valence-corrected chi connectivity index (χ4v) is 5.20.